The fourth-order valence-electron chi connectivity index (χ4n) is 3.37. The van der Waals surface area contributed by atoms with Gasteiger partial charge in [-0.2, -0.15) is 4.98 Å². The normalized spacial score (nSPS) is 21.4. The number of allylic oxidation sites excluding steroid dienone is 2. The van der Waals surface area contributed by atoms with E-state index in [1.165, 1.54) is 12.0 Å². The minimum Gasteiger partial charge on any atom is -0.379 e. The van der Waals surface area contributed by atoms with Gasteiger partial charge in [0.05, 0.1) is 13.2 Å². The van der Waals surface area contributed by atoms with Gasteiger partial charge in [-0.25, -0.2) is 0 Å². The third-order valence-electron chi connectivity index (χ3n) is 4.71. The molecule has 2 heterocycles. The largest absolute Gasteiger partial charge is 0.379 e. The molecule has 5 nitrogen and oxygen atoms in total. The van der Waals surface area contributed by atoms with Crippen LogP contribution in [0.15, 0.2) is 40.9 Å². The summed E-state index contributed by atoms with van der Waals surface area (Å²) in [6.07, 6.45) is 7.68. The van der Waals surface area contributed by atoms with E-state index in [2.05, 4.69) is 45.4 Å². The number of nitrogens with zero attached hydrogens (tertiary/aromatic N) is 3. The summed E-state index contributed by atoms with van der Waals surface area (Å²) in [6.45, 7) is 4.57. The lowest BCUT2D eigenvalue weighted by molar-refractivity contribution is 0.0342. The SMILES string of the molecule is C1=CC(Cc2nc(-c3cccc(CN4CCOCC4)c3)no2)CC1. The zero-order chi connectivity index (χ0) is 16.2. The maximum atomic E-state index is 5.45. The summed E-state index contributed by atoms with van der Waals surface area (Å²) >= 11 is 0. The van der Waals surface area contributed by atoms with Crippen molar-refractivity contribution in [2.45, 2.75) is 25.8 Å². The molecule has 2 aliphatic rings. The number of hydrogen-bond acceptors (Lipinski definition) is 5. The predicted molar refractivity (Wildman–Crippen MR) is 91.4 cm³/mol. The zero-order valence-corrected chi connectivity index (χ0v) is 13.9. The minimum atomic E-state index is 0.547. The summed E-state index contributed by atoms with van der Waals surface area (Å²) in [6, 6.07) is 8.44. The number of ether oxygens (including phenoxy) is 1. The third-order valence-corrected chi connectivity index (χ3v) is 4.71. The van der Waals surface area contributed by atoms with E-state index >= 15 is 0 Å². The minimum absolute atomic E-state index is 0.547. The molecule has 1 fully saturated rings. The monoisotopic (exact) mass is 325 g/mol. The Labute approximate surface area is 142 Å². The molecule has 0 bridgehead atoms. The van der Waals surface area contributed by atoms with E-state index in [4.69, 9.17) is 9.26 Å². The Balaban J connectivity index is 1.44. The fourth-order valence-corrected chi connectivity index (χ4v) is 3.37. The summed E-state index contributed by atoms with van der Waals surface area (Å²) in [5.41, 5.74) is 2.30. The molecule has 1 aromatic heterocycles. The molecule has 1 aromatic carbocycles. The van der Waals surface area contributed by atoms with E-state index in [1.54, 1.807) is 0 Å². The van der Waals surface area contributed by atoms with Gasteiger partial charge in [0.1, 0.15) is 0 Å². The van der Waals surface area contributed by atoms with Crippen molar-refractivity contribution in [2.75, 3.05) is 26.3 Å². The van der Waals surface area contributed by atoms with Crippen molar-refractivity contribution in [2.24, 2.45) is 5.92 Å². The Bertz CT molecular complexity index is 704. The fraction of sp³-hybridized carbons (Fsp3) is 0.474. The molecule has 0 radical (unpaired) electrons. The highest BCUT2D eigenvalue weighted by Gasteiger charge is 2.16. The molecule has 1 unspecified atom stereocenters. The molecule has 24 heavy (non-hydrogen) atoms. The molecular formula is C19H23N3O2. The Kier molecular flexibility index (Phi) is 4.71. The third kappa shape index (κ3) is 3.74. The topological polar surface area (TPSA) is 51.4 Å². The number of hydrogen-bond donors (Lipinski definition) is 0. The number of rotatable bonds is 5. The van der Waals surface area contributed by atoms with Crippen molar-refractivity contribution in [3.63, 3.8) is 0 Å². The molecule has 1 aliphatic carbocycles. The first-order valence-electron chi connectivity index (χ1n) is 8.75. The van der Waals surface area contributed by atoms with Gasteiger partial charge in [0.15, 0.2) is 0 Å². The van der Waals surface area contributed by atoms with Crippen LogP contribution in [-0.4, -0.2) is 41.3 Å². The van der Waals surface area contributed by atoms with Crippen molar-refractivity contribution in [1.29, 1.82) is 0 Å². The molecule has 5 heteroatoms. The van der Waals surface area contributed by atoms with Crippen LogP contribution in [0.4, 0.5) is 0 Å². The van der Waals surface area contributed by atoms with E-state index in [-0.39, 0.29) is 0 Å². The molecule has 2 aromatic rings. The van der Waals surface area contributed by atoms with Crippen molar-refractivity contribution in [3.05, 3.63) is 47.9 Å². The van der Waals surface area contributed by atoms with Gasteiger partial charge in [0.25, 0.3) is 0 Å². The summed E-state index contributed by atoms with van der Waals surface area (Å²) < 4.78 is 10.9. The average Bonchev–Trinajstić information content (AvgIpc) is 3.29. The van der Waals surface area contributed by atoms with E-state index in [0.717, 1.165) is 57.1 Å². The highest BCUT2D eigenvalue weighted by atomic mass is 16.5. The van der Waals surface area contributed by atoms with Gasteiger partial charge in [-0.05, 0) is 30.4 Å². The van der Waals surface area contributed by atoms with Crippen molar-refractivity contribution >= 4 is 0 Å². The highest BCUT2D eigenvalue weighted by molar-refractivity contribution is 5.55. The highest BCUT2D eigenvalue weighted by Crippen LogP contribution is 2.23. The first kappa shape index (κ1) is 15.5. The van der Waals surface area contributed by atoms with Crippen LogP contribution in [0.5, 0.6) is 0 Å². The Morgan fingerprint density at radius 2 is 2.12 bits per heavy atom. The zero-order valence-electron chi connectivity index (χ0n) is 13.9. The standard InChI is InChI=1S/C19H23N3O2/c1-2-5-15(4-1)13-18-20-19(21-24-18)17-7-3-6-16(12-17)14-22-8-10-23-11-9-22/h1,3-4,6-7,12,15H,2,5,8-11,13-14H2. The van der Waals surface area contributed by atoms with Crippen LogP contribution in [0.25, 0.3) is 11.4 Å². The second-order valence-corrected chi connectivity index (χ2v) is 6.57. The molecule has 1 atom stereocenters. The van der Waals surface area contributed by atoms with Crippen LogP contribution in [-0.2, 0) is 17.7 Å². The average molecular weight is 325 g/mol. The molecule has 126 valence electrons. The van der Waals surface area contributed by atoms with Gasteiger partial charge in [-0.1, -0.05) is 35.5 Å². The van der Waals surface area contributed by atoms with E-state index in [9.17, 15) is 0 Å². The number of morpholine rings is 1. The second kappa shape index (κ2) is 7.28. The Morgan fingerprint density at radius 3 is 2.96 bits per heavy atom. The predicted octanol–water partition coefficient (Wildman–Crippen LogP) is 3.08. The summed E-state index contributed by atoms with van der Waals surface area (Å²) in [5, 5.41) is 4.17. The quantitative estimate of drug-likeness (QED) is 0.791. The first-order chi connectivity index (χ1) is 11.9. The van der Waals surface area contributed by atoms with Crippen molar-refractivity contribution in [1.82, 2.24) is 15.0 Å². The molecule has 0 spiro atoms. The van der Waals surface area contributed by atoms with Crippen molar-refractivity contribution in [3.8, 4) is 11.4 Å². The lowest BCUT2D eigenvalue weighted by Gasteiger charge is -2.26. The summed E-state index contributed by atoms with van der Waals surface area (Å²) in [5.74, 6) is 1.97. The van der Waals surface area contributed by atoms with Gasteiger partial charge in [-0.3, -0.25) is 4.90 Å². The van der Waals surface area contributed by atoms with Gasteiger partial charge in [0.2, 0.25) is 11.7 Å². The van der Waals surface area contributed by atoms with Gasteiger partial charge in [-0.15, -0.1) is 0 Å². The molecule has 1 aliphatic heterocycles. The van der Waals surface area contributed by atoms with Gasteiger partial charge >= 0.3 is 0 Å². The molecule has 0 amide bonds. The van der Waals surface area contributed by atoms with Crippen LogP contribution in [0, 0.1) is 5.92 Å². The molecule has 4 rings (SSSR count). The maximum absolute atomic E-state index is 5.45. The molecular weight excluding hydrogens is 302 g/mol. The van der Waals surface area contributed by atoms with Crippen LogP contribution >= 0.6 is 0 Å². The van der Waals surface area contributed by atoms with Crippen molar-refractivity contribution < 1.29 is 9.26 Å². The smallest absolute Gasteiger partial charge is 0.227 e. The molecule has 0 N–H and O–H groups in total. The summed E-state index contributed by atoms with van der Waals surface area (Å²) in [7, 11) is 0. The van der Waals surface area contributed by atoms with E-state index in [1.807, 2.05) is 6.07 Å². The van der Waals surface area contributed by atoms with Crippen LogP contribution in [0.3, 0.4) is 0 Å². The first-order valence-corrected chi connectivity index (χ1v) is 8.75. The van der Waals surface area contributed by atoms with E-state index < -0.39 is 0 Å². The Hall–Kier alpha value is -1.98. The van der Waals surface area contributed by atoms with Gasteiger partial charge in [0, 0.05) is 31.6 Å². The molecule has 0 saturated carbocycles. The Morgan fingerprint density at radius 1 is 1.21 bits per heavy atom. The van der Waals surface area contributed by atoms with E-state index in [0.29, 0.717) is 11.7 Å². The van der Waals surface area contributed by atoms with Crippen LogP contribution < -0.4 is 0 Å². The number of aromatic nitrogens is 2. The van der Waals surface area contributed by atoms with Crippen LogP contribution in [0.1, 0.15) is 24.3 Å². The van der Waals surface area contributed by atoms with Gasteiger partial charge < -0.3 is 9.26 Å². The maximum Gasteiger partial charge on any atom is 0.227 e. The molecule has 1 saturated heterocycles. The summed E-state index contributed by atoms with van der Waals surface area (Å²) in [4.78, 5) is 7.00. The lowest BCUT2D eigenvalue weighted by Crippen LogP contribution is -2.35. The van der Waals surface area contributed by atoms with Crippen LogP contribution in [0.2, 0.25) is 0 Å². The second-order valence-electron chi connectivity index (χ2n) is 6.57. The number of benzene rings is 1. The lowest BCUT2D eigenvalue weighted by atomic mass is 10.1.